The number of hydrogen-bond acceptors (Lipinski definition) is 8. The Morgan fingerprint density at radius 2 is 2.00 bits per heavy atom. The van der Waals surface area contributed by atoms with Gasteiger partial charge < -0.3 is 18.4 Å². The maximum atomic E-state index is 12.0. The van der Waals surface area contributed by atoms with Crippen molar-refractivity contribution in [3.63, 3.8) is 0 Å². The third kappa shape index (κ3) is 3.05. The Bertz CT molecular complexity index is 870. The Morgan fingerprint density at radius 3 is 2.67 bits per heavy atom. The van der Waals surface area contributed by atoms with Gasteiger partial charge in [-0.2, -0.15) is 0 Å². The Labute approximate surface area is 136 Å². The van der Waals surface area contributed by atoms with Crippen molar-refractivity contribution in [3.8, 4) is 23.0 Å². The molecule has 2 aromatic heterocycles. The predicted octanol–water partition coefficient (Wildman–Crippen LogP) is 2.30. The number of carbonyl (C=O) groups excluding carboxylic acids is 1. The van der Waals surface area contributed by atoms with Crippen LogP contribution in [-0.4, -0.2) is 35.5 Å². The van der Waals surface area contributed by atoms with Gasteiger partial charge in [0.2, 0.25) is 0 Å². The number of benzene rings is 1. The van der Waals surface area contributed by atoms with Crippen molar-refractivity contribution in [3.05, 3.63) is 35.7 Å². The quantitative estimate of drug-likeness (QED) is 0.758. The molecule has 124 valence electrons. The van der Waals surface area contributed by atoms with Gasteiger partial charge in [-0.1, -0.05) is 10.3 Å². The molecule has 1 N–H and O–H groups in total. The summed E-state index contributed by atoms with van der Waals surface area (Å²) in [5.74, 6) is 1.34. The van der Waals surface area contributed by atoms with E-state index in [4.69, 9.17) is 18.4 Å². The highest BCUT2D eigenvalue weighted by molar-refractivity contribution is 6.01. The summed E-state index contributed by atoms with van der Waals surface area (Å²) in [5.41, 5.74) is 0.692. The Balaban J connectivity index is 1.82. The fourth-order valence-corrected chi connectivity index (χ4v) is 1.99. The lowest BCUT2D eigenvalue weighted by molar-refractivity contribution is 0.101. The maximum Gasteiger partial charge on any atom is 0.322 e. The summed E-state index contributed by atoms with van der Waals surface area (Å²) in [6.45, 7) is 1.69. The average Bonchev–Trinajstić information content (AvgIpc) is 3.23. The van der Waals surface area contributed by atoms with E-state index in [1.54, 1.807) is 32.2 Å². The smallest absolute Gasteiger partial charge is 0.322 e. The third-order valence-corrected chi connectivity index (χ3v) is 3.15. The van der Waals surface area contributed by atoms with Gasteiger partial charge in [-0.25, -0.2) is 0 Å². The van der Waals surface area contributed by atoms with Gasteiger partial charge in [0.05, 0.1) is 19.8 Å². The fourth-order valence-electron chi connectivity index (χ4n) is 1.99. The molecule has 0 saturated heterocycles. The first-order valence-corrected chi connectivity index (χ1v) is 6.91. The van der Waals surface area contributed by atoms with Crippen molar-refractivity contribution < 1.29 is 23.2 Å². The molecular weight excluding hydrogens is 316 g/mol. The molecule has 0 aliphatic heterocycles. The lowest BCUT2D eigenvalue weighted by Gasteiger charge is -2.07. The van der Waals surface area contributed by atoms with Crippen LogP contribution in [0.25, 0.3) is 11.5 Å². The third-order valence-electron chi connectivity index (χ3n) is 3.15. The van der Waals surface area contributed by atoms with E-state index >= 15 is 0 Å². The number of rotatable bonds is 5. The number of aromatic nitrogens is 3. The molecule has 0 spiro atoms. The van der Waals surface area contributed by atoms with Crippen molar-refractivity contribution in [2.24, 2.45) is 0 Å². The molecule has 9 nitrogen and oxygen atoms in total. The lowest BCUT2D eigenvalue weighted by Crippen LogP contribution is -2.12. The average molecular weight is 330 g/mol. The summed E-state index contributed by atoms with van der Waals surface area (Å²) < 4.78 is 20.7. The monoisotopic (exact) mass is 330 g/mol. The van der Waals surface area contributed by atoms with Crippen molar-refractivity contribution in [1.29, 1.82) is 0 Å². The summed E-state index contributed by atoms with van der Waals surface area (Å²) in [6, 6.07) is 6.58. The second-order valence-corrected chi connectivity index (χ2v) is 4.76. The van der Waals surface area contributed by atoms with Crippen LogP contribution in [0, 0.1) is 6.92 Å². The lowest BCUT2D eigenvalue weighted by atomic mass is 10.2. The highest BCUT2D eigenvalue weighted by atomic mass is 16.5. The van der Waals surface area contributed by atoms with Gasteiger partial charge in [0.25, 0.3) is 11.8 Å². The number of ether oxygens (including phenoxy) is 2. The number of hydrogen-bond donors (Lipinski definition) is 1. The zero-order valence-corrected chi connectivity index (χ0v) is 13.2. The molecule has 1 aromatic carbocycles. The highest BCUT2D eigenvalue weighted by Crippen LogP contribution is 2.33. The summed E-state index contributed by atoms with van der Waals surface area (Å²) in [6.07, 6.45) is 0. The molecule has 0 unspecified atom stereocenters. The number of nitrogens with zero attached hydrogens (tertiary/aromatic N) is 3. The van der Waals surface area contributed by atoms with Crippen LogP contribution >= 0.6 is 0 Å². The molecule has 2 heterocycles. The van der Waals surface area contributed by atoms with E-state index in [-0.39, 0.29) is 17.6 Å². The molecule has 0 aliphatic carbocycles. The summed E-state index contributed by atoms with van der Waals surface area (Å²) in [4.78, 5) is 12.0. The van der Waals surface area contributed by atoms with Crippen LogP contribution < -0.4 is 14.8 Å². The normalized spacial score (nSPS) is 10.5. The van der Waals surface area contributed by atoms with Gasteiger partial charge in [-0.05, 0) is 19.1 Å². The van der Waals surface area contributed by atoms with Crippen LogP contribution in [-0.2, 0) is 0 Å². The van der Waals surface area contributed by atoms with Gasteiger partial charge in [0, 0.05) is 12.1 Å². The maximum absolute atomic E-state index is 12.0. The largest absolute Gasteiger partial charge is 0.497 e. The summed E-state index contributed by atoms with van der Waals surface area (Å²) in [7, 11) is 3.07. The van der Waals surface area contributed by atoms with E-state index < -0.39 is 5.91 Å². The first-order chi connectivity index (χ1) is 11.6. The summed E-state index contributed by atoms with van der Waals surface area (Å²) in [5, 5.41) is 13.8. The minimum absolute atomic E-state index is 0.0616. The van der Waals surface area contributed by atoms with Crippen LogP contribution in [0.5, 0.6) is 11.5 Å². The van der Waals surface area contributed by atoms with Gasteiger partial charge in [0.15, 0.2) is 5.69 Å². The molecule has 0 bridgehead atoms. The molecule has 0 radical (unpaired) electrons. The molecule has 0 fully saturated rings. The number of carbonyl (C=O) groups is 1. The van der Waals surface area contributed by atoms with Gasteiger partial charge in [-0.3, -0.25) is 10.1 Å². The number of aryl methyl sites for hydroxylation is 1. The Hall–Kier alpha value is -3.36. The van der Waals surface area contributed by atoms with Crippen LogP contribution in [0.4, 0.5) is 6.01 Å². The van der Waals surface area contributed by atoms with Gasteiger partial charge in [0.1, 0.15) is 17.3 Å². The molecular formula is C15H14N4O5. The number of amides is 1. The van der Waals surface area contributed by atoms with Crippen molar-refractivity contribution in [2.45, 2.75) is 6.92 Å². The molecule has 3 rings (SSSR count). The van der Waals surface area contributed by atoms with Gasteiger partial charge in [-0.15, -0.1) is 5.10 Å². The van der Waals surface area contributed by atoms with E-state index in [1.165, 1.54) is 13.2 Å². The molecule has 0 atom stereocenters. The first kappa shape index (κ1) is 15.5. The fraction of sp³-hybridized carbons (Fsp3) is 0.200. The number of methoxy groups -OCH3 is 2. The zero-order chi connectivity index (χ0) is 17.1. The van der Waals surface area contributed by atoms with Crippen LogP contribution in [0.2, 0.25) is 0 Å². The van der Waals surface area contributed by atoms with E-state index in [2.05, 4.69) is 20.7 Å². The first-order valence-electron chi connectivity index (χ1n) is 6.91. The predicted molar refractivity (Wildman–Crippen MR) is 82.0 cm³/mol. The minimum atomic E-state index is -0.510. The molecule has 0 saturated carbocycles. The zero-order valence-electron chi connectivity index (χ0n) is 13.2. The molecule has 0 aliphatic rings. The van der Waals surface area contributed by atoms with Gasteiger partial charge >= 0.3 is 6.01 Å². The Kier molecular flexibility index (Phi) is 4.15. The molecule has 24 heavy (non-hydrogen) atoms. The molecule has 3 aromatic rings. The number of anilines is 1. The Morgan fingerprint density at radius 1 is 1.17 bits per heavy atom. The second kappa shape index (κ2) is 6.41. The van der Waals surface area contributed by atoms with Crippen LogP contribution in [0.3, 0.4) is 0 Å². The standard InChI is InChI=1S/C15H14N4O5/c1-8-6-11(19-24-8)13(20)16-15-18-17-14(23-15)10-5-4-9(21-2)7-12(10)22-3/h4-7H,1-3H3,(H,16,18,20). The van der Waals surface area contributed by atoms with Crippen molar-refractivity contribution in [1.82, 2.24) is 15.4 Å². The second-order valence-electron chi connectivity index (χ2n) is 4.76. The minimum Gasteiger partial charge on any atom is -0.497 e. The van der Waals surface area contributed by atoms with Crippen LogP contribution in [0.1, 0.15) is 16.2 Å². The molecule has 1 amide bonds. The molecule has 9 heteroatoms. The van der Waals surface area contributed by atoms with E-state index in [0.717, 1.165) is 0 Å². The van der Waals surface area contributed by atoms with E-state index in [1.807, 2.05) is 0 Å². The van der Waals surface area contributed by atoms with Crippen molar-refractivity contribution >= 4 is 11.9 Å². The van der Waals surface area contributed by atoms with Crippen LogP contribution in [0.15, 0.2) is 33.2 Å². The van der Waals surface area contributed by atoms with E-state index in [9.17, 15) is 4.79 Å². The highest BCUT2D eigenvalue weighted by Gasteiger charge is 2.18. The van der Waals surface area contributed by atoms with Crippen molar-refractivity contribution in [2.75, 3.05) is 19.5 Å². The summed E-state index contributed by atoms with van der Waals surface area (Å²) >= 11 is 0. The SMILES string of the molecule is COc1ccc(-c2nnc(NC(=O)c3cc(C)on3)o2)c(OC)c1. The topological polar surface area (TPSA) is 113 Å². The van der Waals surface area contributed by atoms with E-state index in [0.29, 0.717) is 22.8 Å². The number of nitrogens with one attached hydrogen (secondary N) is 1.